The number of carboxylic acid groups (broad SMARTS) is 1. The van der Waals surface area contributed by atoms with Crippen molar-refractivity contribution >= 4 is 11.9 Å². The predicted octanol–water partition coefficient (Wildman–Crippen LogP) is 0.715. The van der Waals surface area contributed by atoms with Crippen LogP contribution in [0, 0.1) is 11.3 Å². The minimum atomic E-state index is -1.14. The Balaban J connectivity index is 4.58. The molecule has 0 fully saturated rings. The number of hydrogen-bond donors (Lipinski definition) is 2. The van der Waals surface area contributed by atoms with Crippen molar-refractivity contribution in [1.82, 2.24) is 10.2 Å². The lowest BCUT2D eigenvalue weighted by molar-refractivity contribution is -0.140. The number of unbranched alkanes of at least 4 members (excludes halogenated alkanes) is 1. The van der Waals surface area contributed by atoms with Crippen LogP contribution in [0.1, 0.15) is 26.7 Å². The Morgan fingerprint density at radius 3 is 2.61 bits per heavy atom. The highest BCUT2D eigenvalue weighted by Gasteiger charge is 2.17. The average molecular weight is 253 g/mol. The van der Waals surface area contributed by atoms with E-state index < -0.39 is 17.9 Å². The Labute approximate surface area is 107 Å². The highest BCUT2D eigenvalue weighted by molar-refractivity contribution is 5.99. The summed E-state index contributed by atoms with van der Waals surface area (Å²) in [5, 5.41) is 19.8. The van der Waals surface area contributed by atoms with Crippen LogP contribution >= 0.6 is 0 Å². The highest BCUT2D eigenvalue weighted by Crippen LogP contribution is 1.99. The van der Waals surface area contributed by atoms with E-state index in [4.69, 9.17) is 10.4 Å². The first-order valence-corrected chi connectivity index (χ1v) is 5.78. The van der Waals surface area contributed by atoms with Crippen LogP contribution in [0.2, 0.25) is 0 Å². The van der Waals surface area contributed by atoms with Crippen LogP contribution in [0.4, 0.5) is 0 Å². The van der Waals surface area contributed by atoms with E-state index in [9.17, 15) is 9.59 Å². The second-order valence-corrected chi connectivity index (χ2v) is 4.02. The summed E-state index contributed by atoms with van der Waals surface area (Å²) in [6.07, 6.45) is 3.40. The zero-order chi connectivity index (χ0) is 14.1. The zero-order valence-corrected chi connectivity index (χ0v) is 10.9. The normalized spacial score (nSPS) is 12.4. The van der Waals surface area contributed by atoms with Crippen molar-refractivity contribution in [1.29, 1.82) is 5.26 Å². The van der Waals surface area contributed by atoms with Crippen LogP contribution in [0.15, 0.2) is 11.8 Å². The highest BCUT2D eigenvalue weighted by atomic mass is 16.4. The van der Waals surface area contributed by atoms with Crippen molar-refractivity contribution in [2.45, 2.75) is 32.7 Å². The van der Waals surface area contributed by atoms with Gasteiger partial charge < -0.3 is 15.3 Å². The van der Waals surface area contributed by atoms with E-state index in [1.165, 1.54) is 13.1 Å². The fourth-order valence-corrected chi connectivity index (χ4v) is 1.17. The van der Waals surface area contributed by atoms with E-state index in [0.717, 1.165) is 19.4 Å². The van der Waals surface area contributed by atoms with Crippen molar-refractivity contribution in [2.24, 2.45) is 0 Å². The molecule has 0 aromatic rings. The lowest BCUT2D eigenvalue weighted by atomic mass is 10.2. The summed E-state index contributed by atoms with van der Waals surface area (Å²) in [5.41, 5.74) is -0.0956. The smallest absolute Gasteiger partial charge is 0.325 e. The van der Waals surface area contributed by atoms with E-state index in [-0.39, 0.29) is 5.57 Å². The van der Waals surface area contributed by atoms with Gasteiger partial charge in [-0.15, -0.1) is 0 Å². The first-order valence-electron chi connectivity index (χ1n) is 5.78. The van der Waals surface area contributed by atoms with Gasteiger partial charge >= 0.3 is 5.97 Å². The molecule has 2 N–H and O–H groups in total. The molecule has 0 aliphatic heterocycles. The quantitative estimate of drug-likeness (QED) is 0.515. The maximum absolute atomic E-state index is 11.6. The minimum Gasteiger partial charge on any atom is -0.480 e. The molecular formula is C12H19N3O3. The van der Waals surface area contributed by atoms with Gasteiger partial charge in [0.1, 0.15) is 17.7 Å². The fourth-order valence-electron chi connectivity index (χ4n) is 1.17. The molecule has 0 aliphatic carbocycles. The summed E-state index contributed by atoms with van der Waals surface area (Å²) in [6.45, 7) is 4.13. The number of hydrogen-bond acceptors (Lipinski definition) is 4. The van der Waals surface area contributed by atoms with Crippen molar-refractivity contribution in [3.8, 4) is 6.07 Å². The minimum absolute atomic E-state index is 0.0956. The Hall–Kier alpha value is -2.03. The van der Waals surface area contributed by atoms with Crippen LogP contribution in [0.3, 0.4) is 0 Å². The number of amides is 1. The van der Waals surface area contributed by atoms with Gasteiger partial charge in [0.2, 0.25) is 0 Å². The van der Waals surface area contributed by atoms with Gasteiger partial charge in [-0.2, -0.15) is 5.26 Å². The lowest BCUT2D eigenvalue weighted by Crippen LogP contribution is -2.39. The summed E-state index contributed by atoms with van der Waals surface area (Å²) in [6, 6.07) is 0.750. The molecule has 0 radical (unpaired) electrons. The fraction of sp³-hybridized carbons (Fsp3) is 0.583. The number of nitriles is 1. The topological polar surface area (TPSA) is 93.4 Å². The monoisotopic (exact) mass is 253 g/mol. The lowest BCUT2D eigenvalue weighted by Gasteiger charge is -2.14. The van der Waals surface area contributed by atoms with Gasteiger partial charge in [-0.3, -0.25) is 9.59 Å². The molecule has 100 valence electrons. The molecule has 0 rings (SSSR count). The zero-order valence-electron chi connectivity index (χ0n) is 10.9. The Bertz CT molecular complexity index is 371. The third kappa shape index (κ3) is 5.89. The van der Waals surface area contributed by atoms with Gasteiger partial charge in [0.25, 0.3) is 5.91 Å². The summed E-state index contributed by atoms with van der Waals surface area (Å²) in [4.78, 5) is 23.9. The number of carboxylic acids is 1. The number of carbonyl (C=O) groups excluding carboxylic acids is 1. The SMILES string of the molecule is CCCCN(C)/C=C(/C#N)C(=O)NC(C)C(=O)O. The summed E-state index contributed by atoms with van der Waals surface area (Å²) in [7, 11) is 1.76. The van der Waals surface area contributed by atoms with E-state index in [1.54, 1.807) is 18.0 Å². The Morgan fingerprint density at radius 1 is 1.56 bits per heavy atom. The molecule has 6 nitrogen and oxygen atoms in total. The molecule has 6 heteroatoms. The van der Waals surface area contributed by atoms with Gasteiger partial charge in [0.05, 0.1) is 0 Å². The van der Waals surface area contributed by atoms with E-state index in [1.807, 2.05) is 6.92 Å². The van der Waals surface area contributed by atoms with E-state index in [2.05, 4.69) is 5.32 Å². The van der Waals surface area contributed by atoms with Gasteiger partial charge in [-0.25, -0.2) is 0 Å². The van der Waals surface area contributed by atoms with Crippen LogP contribution in [-0.2, 0) is 9.59 Å². The first-order chi connectivity index (χ1) is 8.42. The summed E-state index contributed by atoms with van der Waals surface area (Å²) >= 11 is 0. The number of nitrogens with one attached hydrogen (secondary N) is 1. The number of aliphatic carboxylic acids is 1. The third-order valence-electron chi connectivity index (χ3n) is 2.30. The van der Waals surface area contributed by atoms with Crippen molar-refractivity contribution in [2.75, 3.05) is 13.6 Å². The van der Waals surface area contributed by atoms with Crippen molar-refractivity contribution in [3.63, 3.8) is 0 Å². The van der Waals surface area contributed by atoms with Gasteiger partial charge in [0.15, 0.2) is 0 Å². The Kier molecular flexibility index (Phi) is 7.20. The summed E-state index contributed by atoms with van der Waals surface area (Å²) < 4.78 is 0. The maximum Gasteiger partial charge on any atom is 0.325 e. The van der Waals surface area contributed by atoms with Crippen molar-refractivity contribution < 1.29 is 14.7 Å². The van der Waals surface area contributed by atoms with Gasteiger partial charge in [-0.05, 0) is 13.3 Å². The third-order valence-corrected chi connectivity index (χ3v) is 2.30. The molecule has 0 saturated carbocycles. The molecular weight excluding hydrogens is 234 g/mol. The molecule has 0 aromatic heterocycles. The van der Waals surface area contributed by atoms with Crippen LogP contribution in [0.5, 0.6) is 0 Å². The van der Waals surface area contributed by atoms with Crippen LogP contribution < -0.4 is 5.32 Å². The molecule has 0 saturated heterocycles. The standard InChI is InChI=1S/C12H19N3O3/c1-4-5-6-15(3)8-10(7-13)11(16)14-9(2)12(17)18/h8-9H,4-6H2,1-3H3,(H,14,16)(H,17,18)/b10-8-. The molecule has 1 unspecified atom stereocenters. The number of rotatable bonds is 7. The van der Waals surface area contributed by atoms with E-state index in [0.29, 0.717) is 0 Å². The number of carbonyl (C=O) groups is 2. The molecule has 18 heavy (non-hydrogen) atoms. The molecule has 0 heterocycles. The number of nitrogens with zero attached hydrogens (tertiary/aromatic N) is 2. The molecule has 0 aromatic carbocycles. The Morgan fingerprint density at radius 2 is 2.17 bits per heavy atom. The second-order valence-electron chi connectivity index (χ2n) is 4.02. The van der Waals surface area contributed by atoms with E-state index >= 15 is 0 Å². The van der Waals surface area contributed by atoms with Crippen molar-refractivity contribution in [3.05, 3.63) is 11.8 Å². The summed E-state index contributed by atoms with van der Waals surface area (Å²) in [5.74, 6) is -1.81. The van der Waals surface area contributed by atoms with Crippen LogP contribution in [-0.4, -0.2) is 41.5 Å². The predicted molar refractivity (Wildman–Crippen MR) is 66.5 cm³/mol. The molecule has 1 atom stereocenters. The first kappa shape index (κ1) is 16.0. The van der Waals surface area contributed by atoms with Crippen LogP contribution in [0.25, 0.3) is 0 Å². The van der Waals surface area contributed by atoms with Gasteiger partial charge in [-0.1, -0.05) is 13.3 Å². The molecule has 0 spiro atoms. The molecule has 1 amide bonds. The second kappa shape index (κ2) is 8.12. The molecule has 0 aliphatic rings. The molecule has 0 bridgehead atoms. The van der Waals surface area contributed by atoms with Gasteiger partial charge in [0, 0.05) is 19.8 Å². The average Bonchev–Trinajstić information content (AvgIpc) is 2.32. The maximum atomic E-state index is 11.6. The largest absolute Gasteiger partial charge is 0.480 e.